The van der Waals surface area contributed by atoms with Crippen molar-refractivity contribution in [1.29, 1.82) is 0 Å². The molecule has 1 aliphatic rings. The molecule has 1 unspecified atom stereocenters. The molecule has 0 saturated carbocycles. The van der Waals surface area contributed by atoms with Gasteiger partial charge in [0.1, 0.15) is 0 Å². The molecule has 84 valence electrons. The summed E-state index contributed by atoms with van der Waals surface area (Å²) in [6, 6.07) is 4.22. The second kappa shape index (κ2) is 5.11. The number of hydrogen-bond acceptors (Lipinski definition) is 1. The maximum Gasteiger partial charge on any atom is 0.0306 e. The fourth-order valence-corrected chi connectivity index (χ4v) is 2.47. The Bertz CT molecular complexity index is 387. The molecule has 2 rings (SSSR count). The highest BCUT2D eigenvalue weighted by Crippen LogP contribution is 2.35. The maximum atomic E-state index is 4.24. The van der Waals surface area contributed by atoms with E-state index in [2.05, 4.69) is 43.1 Å². The summed E-state index contributed by atoms with van der Waals surface area (Å²) in [5.41, 5.74) is 2.89. The highest BCUT2D eigenvalue weighted by Gasteiger charge is 2.20. The number of pyridine rings is 1. The van der Waals surface area contributed by atoms with E-state index in [1.54, 1.807) is 5.57 Å². The van der Waals surface area contributed by atoms with Crippen molar-refractivity contribution in [3.8, 4) is 0 Å². The fourth-order valence-electron chi connectivity index (χ4n) is 2.47. The van der Waals surface area contributed by atoms with Gasteiger partial charge in [0.25, 0.3) is 0 Å². The Labute approximate surface area is 97.9 Å². The molecule has 1 aromatic heterocycles. The van der Waals surface area contributed by atoms with Gasteiger partial charge in [-0.2, -0.15) is 0 Å². The standard InChI is InChI=1S/C15H19N/c1-12(2)15(13-7-4-3-5-8-13)14-9-6-10-16-11-14/h3-4,6-7,9-12,15H,5,8H2,1-2H3. The maximum absolute atomic E-state index is 4.24. The van der Waals surface area contributed by atoms with Gasteiger partial charge in [0.05, 0.1) is 0 Å². The molecule has 1 atom stereocenters. The topological polar surface area (TPSA) is 12.9 Å². The number of nitrogens with zero attached hydrogens (tertiary/aromatic N) is 1. The highest BCUT2D eigenvalue weighted by molar-refractivity contribution is 5.31. The third-order valence-corrected chi connectivity index (χ3v) is 3.16. The molecule has 0 radical (unpaired) electrons. The van der Waals surface area contributed by atoms with Crippen LogP contribution >= 0.6 is 0 Å². The van der Waals surface area contributed by atoms with E-state index in [-0.39, 0.29) is 0 Å². The first-order valence-corrected chi connectivity index (χ1v) is 6.04. The van der Waals surface area contributed by atoms with E-state index in [4.69, 9.17) is 0 Å². The number of hydrogen-bond donors (Lipinski definition) is 0. The SMILES string of the molecule is CC(C)C(C1=CC=CCC1)c1cccnc1. The van der Waals surface area contributed by atoms with Crippen LogP contribution in [0.25, 0.3) is 0 Å². The van der Waals surface area contributed by atoms with E-state index in [1.165, 1.54) is 18.4 Å². The van der Waals surface area contributed by atoms with E-state index in [0.29, 0.717) is 11.8 Å². The van der Waals surface area contributed by atoms with Gasteiger partial charge in [0.15, 0.2) is 0 Å². The van der Waals surface area contributed by atoms with Crippen LogP contribution in [0.5, 0.6) is 0 Å². The molecule has 0 bridgehead atoms. The smallest absolute Gasteiger partial charge is 0.0306 e. The highest BCUT2D eigenvalue weighted by atomic mass is 14.6. The van der Waals surface area contributed by atoms with Crippen LogP contribution in [-0.2, 0) is 0 Å². The number of rotatable bonds is 3. The van der Waals surface area contributed by atoms with Crippen LogP contribution in [0, 0.1) is 5.92 Å². The quantitative estimate of drug-likeness (QED) is 0.736. The third kappa shape index (κ3) is 2.41. The molecule has 0 spiro atoms. The molecule has 0 fully saturated rings. The zero-order valence-corrected chi connectivity index (χ0v) is 10.1. The largest absolute Gasteiger partial charge is 0.264 e. The van der Waals surface area contributed by atoms with E-state index < -0.39 is 0 Å². The summed E-state index contributed by atoms with van der Waals surface area (Å²) in [6.45, 7) is 4.58. The summed E-state index contributed by atoms with van der Waals surface area (Å²) in [7, 11) is 0. The van der Waals surface area contributed by atoms with E-state index in [9.17, 15) is 0 Å². The molecule has 0 amide bonds. The minimum Gasteiger partial charge on any atom is -0.264 e. The molecule has 1 heteroatoms. The van der Waals surface area contributed by atoms with E-state index in [1.807, 2.05) is 18.5 Å². The summed E-state index contributed by atoms with van der Waals surface area (Å²) in [5, 5.41) is 0. The minimum atomic E-state index is 0.527. The molecule has 0 N–H and O–H groups in total. The van der Waals surface area contributed by atoms with Gasteiger partial charge in [-0.05, 0) is 30.4 Å². The molecule has 1 nitrogen and oxygen atoms in total. The van der Waals surface area contributed by atoms with Gasteiger partial charge >= 0.3 is 0 Å². The average molecular weight is 213 g/mol. The lowest BCUT2D eigenvalue weighted by molar-refractivity contribution is 0.538. The summed E-state index contributed by atoms with van der Waals surface area (Å²) < 4.78 is 0. The Balaban J connectivity index is 2.31. The minimum absolute atomic E-state index is 0.527. The van der Waals surface area contributed by atoms with Crippen LogP contribution < -0.4 is 0 Å². The predicted octanol–water partition coefficient (Wildman–Crippen LogP) is 4.10. The van der Waals surface area contributed by atoms with Crippen molar-refractivity contribution in [3.63, 3.8) is 0 Å². The lowest BCUT2D eigenvalue weighted by Crippen LogP contribution is -2.11. The lowest BCUT2D eigenvalue weighted by atomic mass is 9.80. The van der Waals surface area contributed by atoms with Crippen LogP contribution in [0.3, 0.4) is 0 Å². The average Bonchev–Trinajstić information content (AvgIpc) is 2.31. The van der Waals surface area contributed by atoms with Gasteiger partial charge < -0.3 is 0 Å². The van der Waals surface area contributed by atoms with Gasteiger partial charge in [0.2, 0.25) is 0 Å². The van der Waals surface area contributed by atoms with Crippen LogP contribution in [0.1, 0.15) is 38.2 Å². The Morgan fingerprint density at radius 2 is 2.19 bits per heavy atom. The Morgan fingerprint density at radius 1 is 1.31 bits per heavy atom. The Hall–Kier alpha value is -1.37. The predicted molar refractivity (Wildman–Crippen MR) is 68.3 cm³/mol. The monoisotopic (exact) mass is 213 g/mol. The summed E-state index contributed by atoms with van der Waals surface area (Å²) in [5.74, 6) is 1.15. The van der Waals surface area contributed by atoms with Crippen LogP contribution in [0.2, 0.25) is 0 Å². The molecule has 16 heavy (non-hydrogen) atoms. The van der Waals surface area contributed by atoms with Gasteiger partial charge in [-0.25, -0.2) is 0 Å². The Kier molecular flexibility index (Phi) is 3.55. The second-order valence-corrected chi connectivity index (χ2v) is 4.72. The van der Waals surface area contributed by atoms with Gasteiger partial charge in [-0.15, -0.1) is 0 Å². The molecule has 1 heterocycles. The zero-order chi connectivity index (χ0) is 11.4. The summed E-state index contributed by atoms with van der Waals surface area (Å²) in [4.78, 5) is 4.24. The van der Waals surface area contributed by atoms with Crippen molar-refractivity contribution < 1.29 is 0 Å². The van der Waals surface area contributed by atoms with Crippen molar-refractivity contribution in [2.24, 2.45) is 5.92 Å². The first-order valence-electron chi connectivity index (χ1n) is 6.04. The second-order valence-electron chi connectivity index (χ2n) is 4.72. The normalized spacial score (nSPS) is 17.3. The third-order valence-electron chi connectivity index (χ3n) is 3.16. The summed E-state index contributed by atoms with van der Waals surface area (Å²) >= 11 is 0. The lowest BCUT2D eigenvalue weighted by Gasteiger charge is -2.25. The van der Waals surface area contributed by atoms with Crippen molar-refractivity contribution in [3.05, 3.63) is 53.9 Å². The Morgan fingerprint density at radius 3 is 2.75 bits per heavy atom. The number of allylic oxidation sites excluding steroid dienone is 4. The summed E-state index contributed by atoms with van der Waals surface area (Å²) in [6.07, 6.45) is 12.9. The van der Waals surface area contributed by atoms with Crippen LogP contribution in [-0.4, -0.2) is 4.98 Å². The molecule has 0 aliphatic heterocycles. The van der Waals surface area contributed by atoms with Crippen molar-refractivity contribution in [2.75, 3.05) is 0 Å². The van der Waals surface area contributed by atoms with Crippen LogP contribution in [0.4, 0.5) is 0 Å². The zero-order valence-electron chi connectivity index (χ0n) is 10.1. The molecule has 0 aromatic carbocycles. The fraction of sp³-hybridized carbons (Fsp3) is 0.400. The molecule has 0 saturated heterocycles. The van der Waals surface area contributed by atoms with Gasteiger partial charge in [-0.3, -0.25) is 4.98 Å². The number of aromatic nitrogens is 1. The first kappa shape index (κ1) is 11.1. The first-order chi connectivity index (χ1) is 7.79. The molecular formula is C15H19N. The molecule has 1 aliphatic carbocycles. The molecule has 1 aromatic rings. The van der Waals surface area contributed by atoms with Crippen LogP contribution in [0.15, 0.2) is 48.3 Å². The molecular weight excluding hydrogens is 194 g/mol. The van der Waals surface area contributed by atoms with Gasteiger partial charge in [0, 0.05) is 18.3 Å². The van der Waals surface area contributed by atoms with Crippen molar-refractivity contribution in [2.45, 2.75) is 32.6 Å². The van der Waals surface area contributed by atoms with E-state index >= 15 is 0 Å². The van der Waals surface area contributed by atoms with E-state index in [0.717, 1.165) is 0 Å². The van der Waals surface area contributed by atoms with Crippen molar-refractivity contribution >= 4 is 0 Å². The van der Waals surface area contributed by atoms with Gasteiger partial charge in [-0.1, -0.05) is 43.7 Å². The van der Waals surface area contributed by atoms with Crippen molar-refractivity contribution in [1.82, 2.24) is 4.98 Å².